The van der Waals surface area contributed by atoms with E-state index in [1.54, 1.807) is 18.2 Å². The van der Waals surface area contributed by atoms with E-state index in [2.05, 4.69) is 4.90 Å². The van der Waals surface area contributed by atoms with Crippen molar-refractivity contribution < 1.29 is 14.3 Å². The number of carbonyl (C=O) groups is 1. The van der Waals surface area contributed by atoms with Gasteiger partial charge < -0.3 is 5.11 Å². The lowest BCUT2D eigenvalue weighted by Crippen LogP contribution is -2.33. The van der Waals surface area contributed by atoms with E-state index in [0.717, 1.165) is 44.5 Å². The van der Waals surface area contributed by atoms with Crippen LogP contribution in [0.25, 0.3) is 0 Å². The van der Waals surface area contributed by atoms with Crippen molar-refractivity contribution in [2.45, 2.75) is 25.8 Å². The third-order valence-corrected chi connectivity index (χ3v) is 4.72. The molecule has 24 heavy (non-hydrogen) atoms. The van der Waals surface area contributed by atoms with Crippen LogP contribution in [0.3, 0.4) is 0 Å². The van der Waals surface area contributed by atoms with Gasteiger partial charge in [0.15, 0.2) is 0 Å². The lowest BCUT2D eigenvalue weighted by atomic mass is 9.90. The SMILES string of the molecule is O=C(O)c1cccc(CN2CCC(Cc3ccc(F)cc3)CC2)c1. The van der Waals surface area contributed by atoms with Gasteiger partial charge in [0, 0.05) is 6.54 Å². The maximum Gasteiger partial charge on any atom is 0.335 e. The first-order chi connectivity index (χ1) is 11.6. The lowest BCUT2D eigenvalue weighted by Gasteiger charge is -2.32. The number of halogens is 1. The molecule has 1 fully saturated rings. The molecule has 0 saturated carbocycles. The third-order valence-electron chi connectivity index (χ3n) is 4.72. The average molecular weight is 327 g/mol. The highest BCUT2D eigenvalue weighted by Gasteiger charge is 2.19. The Morgan fingerprint density at radius 3 is 2.46 bits per heavy atom. The summed E-state index contributed by atoms with van der Waals surface area (Å²) in [5.74, 6) is -0.427. The van der Waals surface area contributed by atoms with Crippen LogP contribution < -0.4 is 0 Å². The van der Waals surface area contributed by atoms with E-state index in [-0.39, 0.29) is 5.82 Å². The number of piperidine rings is 1. The van der Waals surface area contributed by atoms with Crippen LogP contribution in [0.15, 0.2) is 48.5 Å². The molecule has 1 N–H and O–H groups in total. The highest BCUT2D eigenvalue weighted by molar-refractivity contribution is 5.87. The highest BCUT2D eigenvalue weighted by Crippen LogP contribution is 2.23. The highest BCUT2D eigenvalue weighted by atomic mass is 19.1. The van der Waals surface area contributed by atoms with Gasteiger partial charge in [0.25, 0.3) is 0 Å². The second-order valence-corrected chi connectivity index (χ2v) is 6.56. The summed E-state index contributed by atoms with van der Waals surface area (Å²) < 4.78 is 13.0. The van der Waals surface area contributed by atoms with E-state index in [9.17, 15) is 9.18 Å². The molecule has 2 aromatic rings. The summed E-state index contributed by atoms with van der Waals surface area (Å²) in [6, 6.07) is 14.0. The van der Waals surface area contributed by atoms with E-state index in [0.29, 0.717) is 11.5 Å². The van der Waals surface area contributed by atoms with Crippen LogP contribution in [0.5, 0.6) is 0 Å². The number of nitrogens with zero attached hydrogens (tertiary/aromatic N) is 1. The summed E-state index contributed by atoms with van der Waals surface area (Å²) >= 11 is 0. The monoisotopic (exact) mass is 327 g/mol. The van der Waals surface area contributed by atoms with Crippen LogP contribution in [0, 0.1) is 11.7 Å². The van der Waals surface area contributed by atoms with Crippen molar-refractivity contribution in [3.63, 3.8) is 0 Å². The number of rotatable bonds is 5. The number of hydrogen-bond donors (Lipinski definition) is 1. The average Bonchev–Trinajstić information content (AvgIpc) is 2.59. The number of benzene rings is 2. The Hall–Kier alpha value is -2.20. The molecule has 1 aliphatic heterocycles. The zero-order valence-electron chi connectivity index (χ0n) is 13.6. The molecule has 0 aliphatic carbocycles. The molecular formula is C20H22FNO2. The smallest absolute Gasteiger partial charge is 0.335 e. The summed E-state index contributed by atoms with van der Waals surface area (Å²) in [4.78, 5) is 13.4. The normalized spacial score (nSPS) is 16.2. The molecule has 0 spiro atoms. The van der Waals surface area contributed by atoms with Crippen LogP contribution in [-0.4, -0.2) is 29.1 Å². The van der Waals surface area contributed by atoms with Gasteiger partial charge >= 0.3 is 5.97 Å². The molecule has 126 valence electrons. The fourth-order valence-corrected chi connectivity index (χ4v) is 3.36. The molecule has 4 heteroatoms. The largest absolute Gasteiger partial charge is 0.478 e. The topological polar surface area (TPSA) is 40.5 Å². The van der Waals surface area contributed by atoms with Crippen LogP contribution in [-0.2, 0) is 13.0 Å². The zero-order valence-corrected chi connectivity index (χ0v) is 13.6. The predicted octanol–water partition coefficient (Wildman–Crippen LogP) is 3.98. The van der Waals surface area contributed by atoms with Crippen LogP contribution in [0.1, 0.15) is 34.3 Å². The van der Waals surface area contributed by atoms with Gasteiger partial charge in [-0.3, -0.25) is 4.90 Å². The van der Waals surface area contributed by atoms with Crippen LogP contribution in [0.2, 0.25) is 0 Å². The summed E-state index contributed by atoms with van der Waals surface area (Å²) in [5, 5.41) is 9.07. The molecule has 0 aromatic heterocycles. The minimum absolute atomic E-state index is 0.183. The van der Waals surface area contributed by atoms with Gasteiger partial charge in [0.1, 0.15) is 5.82 Å². The summed E-state index contributed by atoms with van der Waals surface area (Å²) in [7, 11) is 0. The minimum Gasteiger partial charge on any atom is -0.478 e. The standard InChI is InChI=1S/C20H22FNO2/c21-19-6-4-15(5-7-19)12-16-8-10-22(11-9-16)14-17-2-1-3-18(13-17)20(23)24/h1-7,13,16H,8-12,14H2,(H,23,24). The van der Waals surface area contributed by atoms with E-state index in [4.69, 9.17) is 5.11 Å². The molecule has 0 bridgehead atoms. The van der Waals surface area contributed by atoms with E-state index >= 15 is 0 Å². The zero-order chi connectivity index (χ0) is 16.9. The molecular weight excluding hydrogens is 305 g/mol. The summed E-state index contributed by atoms with van der Waals surface area (Å²) in [5.41, 5.74) is 2.59. The van der Waals surface area contributed by atoms with Crippen molar-refractivity contribution in [2.75, 3.05) is 13.1 Å². The molecule has 0 unspecified atom stereocenters. The molecule has 1 saturated heterocycles. The third kappa shape index (κ3) is 4.42. The molecule has 2 aromatic carbocycles. The molecule has 0 atom stereocenters. The molecule has 1 aliphatic rings. The number of carboxylic acids is 1. The first-order valence-electron chi connectivity index (χ1n) is 8.39. The first-order valence-corrected chi connectivity index (χ1v) is 8.39. The molecule has 3 nitrogen and oxygen atoms in total. The second kappa shape index (κ2) is 7.58. The van der Waals surface area contributed by atoms with E-state index in [1.807, 2.05) is 18.2 Å². The number of aromatic carboxylic acids is 1. The Morgan fingerprint density at radius 2 is 1.79 bits per heavy atom. The Balaban J connectivity index is 1.51. The fourth-order valence-electron chi connectivity index (χ4n) is 3.36. The summed E-state index contributed by atoms with van der Waals surface area (Å²) in [6.45, 7) is 2.83. The lowest BCUT2D eigenvalue weighted by molar-refractivity contribution is 0.0696. The molecule has 3 rings (SSSR count). The van der Waals surface area contributed by atoms with Gasteiger partial charge in [-0.05, 0) is 73.7 Å². The van der Waals surface area contributed by atoms with Gasteiger partial charge in [-0.1, -0.05) is 24.3 Å². The molecule has 0 radical (unpaired) electrons. The Labute approximate surface area is 141 Å². The summed E-state index contributed by atoms with van der Waals surface area (Å²) in [6.07, 6.45) is 3.24. The van der Waals surface area contributed by atoms with Crippen LogP contribution >= 0.6 is 0 Å². The molecule has 0 amide bonds. The van der Waals surface area contributed by atoms with Gasteiger partial charge in [-0.15, -0.1) is 0 Å². The van der Waals surface area contributed by atoms with Crippen molar-refractivity contribution in [1.82, 2.24) is 4.90 Å². The predicted molar refractivity (Wildman–Crippen MR) is 91.5 cm³/mol. The van der Waals surface area contributed by atoms with Crippen molar-refractivity contribution in [3.8, 4) is 0 Å². The van der Waals surface area contributed by atoms with Crippen molar-refractivity contribution >= 4 is 5.97 Å². The maximum absolute atomic E-state index is 13.0. The van der Waals surface area contributed by atoms with Crippen molar-refractivity contribution in [2.24, 2.45) is 5.92 Å². The maximum atomic E-state index is 13.0. The van der Waals surface area contributed by atoms with Gasteiger partial charge in [-0.2, -0.15) is 0 Å². The first kappa shape index (κ1) is 16.7. The minimum atomic E-state index is -0.880. The molecule has 1 heterocycles. The fraction of sp³-hybridized carbons (Fsp3) is 0.350. The van der Waals surface area contributed by atoms with Crippen LogP contribution in [0.4, 0.5) is 4.39 Å². The Kier molecular flexibility index (Phi) is 5.26. The van der Waals surface area contributed by atoms with E-state index in [1.165, 1.54) is 17.7 Å². The second-order valence-electron chi connectivity index (χ2n) is 6.56. The van der Waals surface area contributed by atoms with Gasteiger partial charge in [0.2, 0.25) is 0 Å². The Bertz CT molecular complexity index is 691. The van der Waals surface area contributed by atoms with Gasteiger partial charge in [0.05, 0.1) is 5.56 Å². The van der Waals surface area contributed by atoms with Crippen molar-refractivity contribution in [3.05, 3.63) is 71.0 Å². The van der Waals surface area contributed by atoms with Gasteiger partial charge in [-0.25, -0.2) is 9.18 Å². The number of hydrogen-bond acceptors (Lipinski definition) is 2. The Morgan fingerprint density at radius 1 is 1.08 bits per heavy atom. The van der Waals surface area contributed by atoms with Crippen molar-refractivity contribution in [1.29, 1.82) is 0 Å². The number of likely N-dealkylation sites (tertiary alicyclic amines) is 1. The van der Waals surface area contributed by atoms with E-state index < -0.39 is 5.97 Å². The quantitative estimate of drug-likeness (QED) is 0.903. The number of carboxylic acid groups (broad SMARTS) is 1.